The van der Waals surface area contributed by atoms with E-state index in [0.29, 0.717) is 24.3 Å². The number of carbonyl (C=O) groups excluding carboxylic acids is 2. The monoisotopic (exact) mass is 360 g/mol. The van der Waals surface area contributed by atoms with Gasteiger partial charge in [0, 0.05) is 0 Å². The summed E-state index contributed by atoms with van der Waals surface area (Å²) in [4.78, 5) is 24.9. The van der Waals surface area contributed by atoms with Crippen LogP contribution in [0.2, 0.25) is 0 Å². The van der Waals surface area contributed by atoms with E-state index in [1.807, 2.05) is 0 Å². The van der Waals surface area contributed by atoms with E-state index in [0.717, 1.165) is 19.3 Å². The van der Waals surface area contributed by atoms with Gasteiger partial charge in [0.2, 0.25) is 0 Å². The zero-order chi connectivity index (χ0) is 19.2. The number of benzene rings is 1. The molecule has 7 heteroatoms. The largest absolute Gasteiger partial charge is 0.497 e. The molecule has 0 aromatic heterocycles. The number of carbonyl (C=O) groups is 2. The Kier molecular flexibility index (Phi) is 6.45. The van der Waals surface area contributed by atoms with Gasteiger partial charge < -0.3 is 19.5 Å². The number of ether oxygens (including phenoxy) is 3. The van der Waals surface area contributed by atoms with Crippen LogP contribution in [0, 0.1) is 11.3 Å². The van der Waals surface area contributed by atoms with Crippen LogP contribution in [-0.2, 0) is 9.53 Å². The van der Waals surface area contributed by atoms with Crippen molar-refractivity contribution in [1.82, 2.24) is 5.32 Å². The lowest BCUT2D eigenvalue weighted by Gasteiger charge is -2.32. The zero-order valence-electron chi connectivity index (χ0n) is 15.3. The van der Waals surface area contributed by atoms with Gasteiger partial charge in [-0.05, 0) is 38.0 Å². The Morgan fingerprint density at radius 1 is 1.19 bits per heavy atom. The number of rotatable bonds is 6. The first-order chi connectivity index (χ1) is 12.4. The van der Waals surface area contributed by atoms with Crippen LogP contribution in [0.1, 0.15) is 49.4 Å². The lowest BCUT2D eigenvalue weighted by Crippen LogP contribution is -2.52. The van der Waals surface area contributed by atoms with Crippen LogP contribution >= 0.6 is 0 Å². The molecule has 0 saturated heterocycles. The third kappa shape index (κ3) is 4.45. The summed E-state index contributed by atoms with van der Waals surface area (Å²) in [7, 11) is 2.92. The highest BCUT2D eigenvalue weighted by Gasteiger charge is 2.35. The summed E-state index contributed by atoms with van der Waals surface area (Å²) in [5.74, 6) is -0.383. The van der Waals surface area contributed by atoms with Crippen LogP contribution in [0.15, 0.2) is 18.2 Å². The topological polar surface area (TPSA) is 97.7 Å². The summed E-state index contributed by atoms with van der Waals surface area (Å²) in [5, 5.41) is 12.2. The molecule has 0 heterocycles. The second-order valence-corrected chi connectivity index (χ2v) is 6.36. The minimum Gasteiger partial charge on any atom is -0.497 e. The van der Waals surface area contributed by atoms with Crippen molar-refractivity contribution < 1.29 is 23.8 Å². The molecule has 1 aliphatic carbocycles. The van der Waals surface area contributed by atoms with Gasteiger partial charge in [0.15, 0.2) is 6.10 Å². The quantitative estimate of drug-likeness (QED) is 0.783. The predicted octanol–water partition coefficient (Wildman–Crippen LogP) is 2.59. The van der Waals surface area contributed by atoms with Crippen LogP contribution in [0.3, 0.4) is 0 Å². The van der Waals surface area contributed by atoms with E-state index in [1.165, 1.54) is 27.2 Å². The number of nitrogens with one attached hydrogen (secondary N) is 1. The molecular weight excluding hydrogens is 336 g/mol. The van der Waals surface area contributed by atoms with Gasteiger partial charge in [-0.25, -0.2) is 4.79 Å². The van der Waals surface area contributed by atoms with Gasteiger partial charge in [-0.3, -0.25) is 4.79 Å². The minimum atomic E-state index is -1.04. The predicted molar refractivity (Wildman–Crippen MR) is 94.0 cm³/mol. The van der Waals surface area contributed by atoms with Gasteiger partial charge in [0.1, 0.15) is 22.6 Å². The van der Waals surface area contributed by atoms with E-state index < -0.39 is 23.5 Å². The Balaban J connectivity index is 2.06. The van der Waals surface area contributed by atoms with Crippen LogP contribution in [0.4, 0.5) is 0 Å². The molecule has 1 aromatic carbocycles. The number of nitriles is 1. The number of nitrogens with zero attached hydrogens (tertiary/aromatic N) is 1. The maximum absolute atomic E-state index is 12.4. The number of hydrogen-bond donors (Lipinski definition) is 1. The van der Waals surface area contributed by atoms with Crippen molar-refractivity contribution in [3.8, 4) is 17.6 Å². The van der Waals surface area contributed by atoms with Crippen molar-refractivity contribution in [2.24, 2.45) is 0 Å². The molecule has 140 valence electrons. The highest BCUT2D eigenvalue weighted by Crippen LogP contribution is 2.28. The lowest BCUT2D eigenvalue weighted by atomic mass is 9.83. The smallest absolute Gasteiger partial charge is 0.342 e. The Morgan fingerprint density at radius 3 is 2.46 bits per heavy atom. The Morgan fingerprint density at radius 2 is 1.88 bits per heavy atom. The normalized spacial score (nSPS) is 16.7. The van der Waals surface area contributed by atoms with Gasteiger partial charge >= 0.3 is 5.97 Å². The summed E-state index contributed by atoms with van der Waals surface area (Å²) >= 11 is 0. The van der Waals surface area contributed by atoms with Crippen molar-refractivity contribution in [3.05, 3.63) is 23.8 Å². The number of amides is 1. The van der Waals surface area contributed by atoms with Crippen molar-refractivity contribution in [3.63, 3.8) is 0 Å². The van der Waals surface area contributed by atoms with Crippen LogP contribution in [0.5, 0.6) is 11.5 Å². The molecule has 0 aliphatic heterocycles. The third-order valence-corrected chi connectivity index (χ3v) is 4.56. The van der Waals surface area contributed by atoms with Gasteiger partial charge in [-0.15, -0.1) is 0 Å². The van der Waals surface area contributed by atoms with Crippen molar-refractivity contribution in [2.75, 3.05) is 14.2 Å². The lowest BCUT2D eigenvalue weighted by molar-refractivity contribution is -0.130. The Hall–Kier alpha value is -2.75. The first-order valence-corrected chi connectivity index (χ1v) is 8.61. The fraction of sp³-hybridized carbons (Fsp3) is 0.526. The molecule has 1 atom stereocenters. The summed E-state index contributed by atoms with van der Waals surface area (Å²) in [6.07, 6.45) is 3.02. The molecule has 1 N–H and O–H groups in total. The molecule has 0 spiro atoms. The molecule has 0 radical (unpaired) electrons. The second kappa shape index (κ2) is 8.56. The molecule has 0 bridgehead atoms. The van der Waals surface area contributed by atoms with E-state index in [-0.39, 0.29) is 5.56 Å². The zero-order valence-corrected chi connectivity index (χ0v) is 15.3. The maximum Gasteiger partial charge on any atom is 0.342 e. The van der Waals surface area contributed by atoms with Gasteiger partial charge in [0.25, 0.3) is 5.91 Å². The van der Waals surface area contributed by atoms with E-state index in [4.69, 9.17) is 14.2 Å². The highest BCUT2D eigenvalue weighted by atomic mass is 16.5. The molecule has 1 amide bonds. The first-order valence-electron chi connectivity index (χ1n) is 8.61. The molecule has 1 fully saturated rings. The molecule has 2 rings (SSSR count). The molecular formula is C19H24N2O5. The van der Waals surface area contributed by atoms with Gasteiger partial charge in [-0.1, -0.05) is 19.3 Å². The van der Waals surface area contributed by atoms with Crippen LogP contribution in [-0.4, -0.2) is 37.7 Å². The van der Waals surface area contributed by atoms with Crippen molar-refractivity contribution in [2.45, 2.75) is 50.7 Å². The van der Waals surface area contributed by atoms with E-state index >= 15 is 0 Å². The van der Waals surface area contributed by atoms with Crippen LogP contribution < -0.4 is 14.8 Å². The number of esters is 1. The average molecular weight is 360 g/mol. The Labute approximate surface area is 153 Å². The van der Waals surface area contributed by atoms with Crippen molar-refractivity contribution >= 4 is 11.9 Å². The van der Waals surface area contributed by atoms with Crippen molar-refractivity contribution in [1.29, 1.82) is 5.26 Å². The SMILES string of the molecule is COc1ccc(OC)c(C(=O)OC(C)C(=O)NC2(C#N)CCCCC2)c1. The third-order valence-electron chi connectivity index (χ3n) is 4.56. The Bertz CT molecular complexity index is 704. The second-order valence-electron chi connectivity index (χ2n) is 6.36. The number of hydrogen-bond acceptors (Lipinski definition) is 6. The number of methoxy groups -OCH3 is 2. The summed E-state index contributed by atoms with van der Waals surface area (Å²) in [6.45, 7) is 1.48. The minimum absolute atomic E-state index is 0.166. The van der Waals surface area contributed by atoms with E-state index in [9.17, 15) is 14.9 Å². The maximum atomic E-state index is 12.4. The molecule has 26 heavy (non-hydrogen) atoms. The summed E-state index contributed by atoms with van der Waals surface area (Å²) in [5.41, 5.74) is -0.705. The van der Waals surface area contributed by atoms with Crippen LogP contribution in [0.25, 0.3) is 0 Å². The van der Waals surface area contributed by atoms with Gasteiger partial charge in [0.05, 0.1) is 20.3 Å². The average Bonchev–Trinajstić information content (AvgIpc) is 2.67. The molecule has 1 aliphatic rings. The molecule has 1 saturated carbocycles. The first kappa shape index (κ1) is 19.6. The fourth-order valence-electron chi connectivity index (χ4n) is 3.01. The standard InChI is InChI=1S/C19H24N2O5/c1-13(17(22)21-19(12-20)9-5-4-6-10-19)26-18(23)15-11-14(24-2)7-8-16(15)25-3/h7-8,11,13H,4-6,9-10H2,1-3H3,(H,21,22). The van der Waals surface area contributed by atoms with E-state index in [2.05, 4.69) is 11.4 Å². The summed E-state index contributed by atoms with van der Waals surface area (Å²) in [6, 6.07) is 6.95. The highest BCUT2D eigenvalue weighted by molar-refractivity contribution is 5.95. The van der Waals surface area contributed by atoms with Gasteiger partial charge in [-0.2, -0.15) is 5.26 Å². The molecule has 7 nitrogen and oxygen atoms in total. The molecule has 1 unspecified atom stereocenters. The fourth-order valence-corrected chi connectivity index (χ4v) is 3.01. The van der Waals surface area contributed by atoms with E-state index in [1.54, 1.807) is 12.1 Å². The molecule has 1 aromatic rings. The summed E-state index contributed by atoms with van der Waals surface area (Å²) < 4.78 is 15.5.